The topological polar surface area (TPSA) is 62.5 Å². The standard InChI is InChI=1S/C19H16ClNO3/c1-12-16(3-2-4-17(12)20)18-10-9-15(24-18)11-21-14-7-5-13(6-8-14)19(22)23/h2-10,21H,11H2,1H3,(H,22,23). The Morgan fingerprint density at radius 2 is 1.88 bits per heavy atom. The van der Waals surface area contributed by atoms with Crippen LogP contribution in [0.2, 0.25) is 5.02 Å². The molecule has 0 fully saturated rings. The van der Waals surface area contributed by atoms with E-state index < -0.39 is 5.97 Å². The lowest BCUT2D eigenvalue weighted by atomic mass is 10.1. The molecule has 122 valence electrons. The minimum absolute atomic E-state index is 0.261. The van der Waals surface area contributed by atoms with E-state index in [1.165, 1.54) is 0 Å². The number of carbonyl (C=O) groups is 1. The molecule has 0 radical (unpaired) electrons. The molecular formula is C19H16ClNO3. The zero-order valence-corrected chi connectivity index (χ0v) is 13.8. The van der Waals surface area contributed by atoms with Crippen LogP contribution in [0.4, 0.5) is 5.69 Å². The zero-order valence-electron chi connectivity index (χ0n) is 13.0. The molecule has 0 aliphatic rings. The molecule has 24 heavy (non-hydrogen) atoms. The van der Waals surface area contributed by atoms with Crippen LogP contribution in [0.25, 0.3) is 11.3 Å². The summed E-state index contributed by atoms with van der Waals surface area (Å²) >= 11 is 6.15. The third-order valence-electron chi connectivity index (χ3n) is 3.79. The number of rotatable bonds is 5. The van der Waals surface area contributed by atoms with Gasteiger partial charge in [0, 0.05) is 16.3 Å². The summed E-state index contributed by atoms with van der Waals surface area (Å²) in [6.45, 7) is 2.47. The Morgan fingerprint density at radius 1 is 1.12 bits per heavy atom. The summed E-state index contributed by atoms with van der Waals surface area (Å²) in [5.74, 6) is 0.619. The quantitative estimate of drug-likeness (QED) is 0.668. The minimum Gasteiger partial charge on any atom is -0.478 e. The van der Waals surface area contributed by atoms with Crippen molar-refractivity contribution in [2.45, 2.75) is 13.5 Å². The van der Waals surface area contributed by atoms with Crippen LogP contribution in [0.3, 0.4) is 0 Å². The second-order valence-electron chi connectivity index (χ2n) is 5.41. The van der Waals surface area contributed by atoms with Gasteiger partial charge in [0.1, 0.15) is 11.5 Å². The summed E-state index contributed by atoms with van der Waals surface area (Å²) in [5.41, 5.74) is 3.05. The number of halogens is 1. The number of anilines is 1. The van der Waals surface area contributed by atoms with Gasteiger partial charge in [-0.1, -0.05) is 23.7 Å². The van der Waals surface area contributed by atoms with Gasteiger partial charge < -0.3 is 14.8 Å². The molecule has 0 saturated carbocycles. The van der Waals surface area contributed by atoms with Gasteiger partial charge in [-0.3, -0.25) is 0 Å². The fraction of sp³-hybridized carbons (Fsp3) is 0.105. The maximum absolute atomic E-state index is 10.8. The van der Waals surface area contributed by atoms with Crippen molar-refractivity contribution in [1.29, 1.82) is 0 Å². The van der Waals surface area contributed by atoms with Crippen molar-refractivity contribution in [1.82, 2.24) is 0 Å². The van der Waals surface area contributed by atoms with Crippen molar-refractivity contribution in [3.8, 4) is 11.3 Å². The minimum atomic E-state index is -0.936. The van der Waals surface area contributed by atoms with E-state index in [0.29, 0.717) is 11.6 Å². The van der Waals surface area contributed by atoms with Crippen LogP contribution in [0, 0.1) is 6.92 Å². The first-order valence-electron chi connectivity index (χ1n) is 7.46. The lowest BCUT2D eigenvalue weighted by Gasteiger charge is -2.06. The van der Waals surface area contributed by atoms with Gasteiger partial charge in [0.15, 0.2) is 0 Å². The van der Waals surface area contributed by atoms with E-state index in [9.17, 15) is 4.79 Å². The van der Waals surface area contributed by atoms with Gasteiger partial charge in [-0.05, 0) is 55.0 Å². The highest BCUT2D eigenvalue weighted by molar-refractivity contribution is 6.31. The van der Waals surface area contributed by atoms with Gasteiger partial charge >= 0.3 is 5.97 Å². The highest BCUT2D eigenvalue weighted by Crippen LogP contribution is 2.29. The van der Waals surface area contributed by atoms with Crippen LogP contribution in [0.1, 0.15) is 21.7 Å². The molecule has 0 saturated heterocycles. The lowest BCUT2D eigenvalue weighted by molar-refractivity contribution is 0.0697. The van der Waals surface area contributed by atoms with E-state index in [2.05, 4.69) is 5.32 Å². The number of carboxylic acid groups (broad SMARTS) is 1. The van der Waals surface area contributed by atoms with Crippen LogP contribution in [-0.2, 0) is 6.54 Å². The number of nitrogens with one attached hydrogen (secondary N) is 1. The fourth-order valence-corrected chi connectivity index (χ4v) is 2.59. The molecule has 0 amide bonds. The monoisotopic (exact) mass is 341 g/mol. The van der Waals surface area contributed by atoms with Gasteiger partial charge in [0.25, 0.3) is 0 Å². The normalized spacial score (nSPS) is 10.6. The van der Waals surface area contributed by atoms with Crippen LogP contribution in [0.15, 0.2) is 59.0 Å². The van der Waals surface area contributed by atoms with Crippen LogP contribution < -0.4 is 5.32 Å². The van der Waals surface area contributed by atoms with E-state index in [4.69, 9.17) is 21.1 Å². The van der Waals surface area contributed by atoms with E-state index >= 15 is 0 Å². The third-order valence-corrected chi connectivity index (χ3v) is 4.20. The maximum Gasteiger partial charge on any atom is 0.335 e. The second kappa shape index (κ2) is 6.81. The zero-order chi connectivity index (χ0) is 17.1. The molecule has 1 aromatic heterocycles. The number of aromatic carboxylic acids is 1. The number of hydrogen-bond donors (Lipinski definition) is 2. The molecule has 0 atom stereocenters. The summed E-state index contributed by atoms with van der Waals surface area (Å²) in [6.07, 6.45) is 0. The molecule has 1 heterocycles. The van der Waals surface area contributed by atoms with Gasteiger partial charge in [-0.15, -0.1) is 0 Å². The number of benzene rings is 2. The Hall–Kier alpha value is -2.72. The number of carboxylic acids is 1. The molecule has 0 spiro atoms. The first-order chi connectivity index (χ1) is 11.5. The molecule has 3 aromatic rings. The van der Waals surface area contributed by atoms with E-state index in [1.54, 1.807) is 24.3 Å². The Labute approximate surface area is 144 Å². The van der Waals surface area contributed by atoms with Crippen molar-refractivity contribution in [3.63, 3.8) is 0 Å². The van der Waals surface area contributed by atoms with E-state index in [1.807, 2.05) is 37.3 Å². The van der Waals surface area contributed by atoms with Gasteiger partial charge in [0.2, 0.25) is 0 Å². The summed E-state index contributed by atoms with van der Waals surface area (Å²) in [6, 6.07) is 16.1. The first-order valence-corrected chi connectivity index (χ1v) is 7.84. The molecule has 0 aliphatic carbocycles. The fourth-order valence-electron chi connectivity index (χ4n) is 2.41. The Balaban J connectivity index is 1.70. The predicted octanol–water partition coefficient (Wildman–Crippen LogP) is 5.22. The SMILES string of the molecule is Cc1c(Cl)cccc1-c1ccc(CNc2ccc(C(=O)O)cc2)o1. The maximum atomic E-state index is 10.8. The summed E-state index contributed by atoms with van der Waals surface area (Å²) in [5, 5.41) is 12.8. The Kier molecular flexibility index (Phi) is 4.58. The van der Waals surface area contributed by atoms with E-state index in [-0.39, 0.29) is 5.56 Å². The largest absolute Gasteiger partial charge is 0.478 e. The summed E-state index contributed by atoms with van der Waals surface area (Å²) in [4.78, 5) is 10.8. The van der Waals surface area contributed by atoms with Crippen molar-refractivity contribution in [3.05, 3.63) is 76.5 Å². The average Bonchev–Trinajstić information content (AvgIpc) is 3.04. The molecule has 3 rings (SSSR count). The molecule has 2 N–H and O–H groups in total. The van der Waals surface area contributed by atoms with E-state index in [0.717, 1.165) is 28.3 Å². The van der Waals surface area contributed by atoms with Crippen molar-refractivity contribution < 1.29 is 14.3 Å². The highest BCUT2D eigenvalue weighted by atomic mass is 35.5. The Bertz CT molecular complexity index is 869. The summed E-state index contributed by atoms with van der Waals surface area (Å²) in [7, 11) is 0. The van der Waals surface area contributed by atoms with Crippen LogP contribution in [-0.4, -0.2) is 11.1 Å². The Morgan fingerprint density at radius 3 is 2.58 bits per heavy atom. The first kappa shape index (κ1) is 16.1. The molecule has 4 nitrogen and oxygen atoms in total. The lowest BCUT2D eigenvalue weighted by Crippen LogP contribution is -2.00. The molecular weight excluding hydrogens is 326 g/mol. The molecule has 5 heteroatoms. The van der Waals surface area contributed by atoms with Crippen molar-refractivity contribution in [2.75, 3.05) is 5.32 Å². The van der Waals surface area contributed by atoms with Crippen LogP contribution >= 0.6 is 11.6 Å². The van der Waals surface area contributed by atoms with Crippen molar-refractivity contribution in [2.24, 2.45) is 0 Å². The molecule has 0 aliphatic heterocycles. The van der Waals surface area contributed by atoms with Crippen molar-refractivity contribution >= 4 is 23.3 Å². The third kappa shape index (κ3) is 3.44. The van der Waals surface area contributed by atoms with Gasteiger partial charge in [-0.2, -0.15) is 0 Å². The molecule has 0 bridgehead atoms. The number of furan rings is 1. The van der Waals surface area contributed by atoms with Crippen LogP contribution in [0.5, 0.6) is 0 Å². The van der Waals surface area contributed by atoms with Gasteiger partial charge in [-0.25, -0.2) is 4.79 Å². The second-order valence-corrected chi connectivity index (χ2v) is 5.82. The molecule has 0 unspecified atom stereocenters. The number of hydrogen-bond acceptors (Lipinski definition) is 3. The van der Waals surface area contributed by atoms with Gasteiger partial charge in [0.05, 0.1) is 12.1 Å². The summed E-state index contributed by atoms with van der Waals surface area (Å²) < 4.78 is 5.87. The smallest absolute Gasteiger partial charge is 0.335 e. The highest BCUT2D eigenvalue weighted by Gasteiger charge is 2.09. The predicted molar refractivity (Wildman–Crippen MR) is 94.6 cm³/mol. The average molecular weight is 342 g/mol. The molecule has 2 aromatic carbocycles.